The Bertz CT molecular complexity index is 1270. The number of hydrogen-bond acceptors (Lipinski definition) is 3. The largest absolute Gasteiger partial charge is 0.438 e. The SMILES string of the molecule is Cc1ccccc1NC(=O)N1CCC[C@@H]1c1nc2cc(-c3ccccc3F)ccc2o1. The lowest BCUT2D eigenvalue weighted by atomic mass is 10.0. The van der Waals surface area contributed by atoms with Crippen molar-refractivity contribution in [2.75, 3.05) is 11.9 Å². The monoisotopic (exact) mass is 415 g/mol. The second-order valence-corrected chi connectivity index (χ2v) is 7.81. The van der Waals surface area contributed by atoms with Gasteiger partial charge in [0.1, 0.15) is 17.4 Å². The number of carbonyl (C=O) groups excluding carboxylic acids is 1. The van der Waals surface area contributed by atoms with Crippen molar-refractivity contribution in [3.63, 3.8) is 0 Å². The molecule has 0 radical (unpaired) electrons. The summed E-state index contributed by atoms with van der Waals surface area (Å²) >= 11 is 0. The van der Waals surface area contributed by atoms with Crippen LogP contribution in [-0.4, -0.2) is 22.5 Å². The highest BCUT2D eigenvalue weighted by molar-refractivity contribution is 5.90. The van der Waals surface area contributed by atoms with Crippen LogP contribution in [0.4, 0.5) is 14.9 Å². The van der Waals surface area contributed by atoms with Crippen LogP contribution in [0.15, 0.2) is 71.1 Å². The van der Waals surface area contributed by atoms with Crippen molar-refractivity contribution >= 4 is 22.8 Å². The van der Waals surface area contributed by atoms with Crippen LogP contribution in [0.2, 0.25) is 0 Å². The van der Waals surface area contributed by atoms with E-state index >= 15 is 0 Å². The van der Waals surface area contributed by atoms with Gasteiger partial charge in [-0.15, -0.1) is 0 Å². The number of anilines is 1. The highest BCUT2D eigenvalue weighted by Crippen LogP contribution is 2.35. The molecule has 1 aliphatic heterocycles. The van der Waals surface area contributed by atoms with E-state index in [9.17, 15) is 9.18 Å². The number of urea groups is 1. The van der Waals surface area contributed by atoms with E-state index in [1.165, 1.54) is 6.07 Å². The van der Waals surface area contributed by atoms with Gasteiger partial charge in [0.25, 0.3) is 0 Å². The van der Waals surface area contributed by atoms with Crippen LogP contribution in [0.25, 0.3) is 22.2 Å². The molecule has 0 aliphatic carbocycles. The average molecular weight is 415 g/mol. The fraction of sp³-hybridized carbons (Fsp3) is 0.200. The lowest BCUT2D eigenvalue weighted by Gasteiger charge is -2.23. The van der Waals surface area contributed by atoms with Gasteiger partial charge in [-0.1, -0.05) is 42.5 Å². The van der Waals surface area contributed by atoms with E-state index in [0.29, 0.717) is 29.1 Å². The number of hydrogen-bond donors (Lipinski definition) is 1. The van der Waals surface area contributed by atoms with Crippen molar-refractivity contribution in [1.29, 1.82) is 0 Å². The van der Waals surface area contributed by atoms with Gasteiger partial charge < -0.3 is 14.6 Å². The molecule has 2 amide bonds. The van der Waals surface area contributed by atoms with E-state index in [1.54, 1.807) is 29.2 Å². The molecular formula is C25H22FN3O2. The van der Waals surface area contributed by atoms with Gasteiger partial charge in [0.2, 0.25) is 5.89 Å². The Morgan fingerprint density at radius 1 is 1.13 bits per heavy atom. The van der Waals surface area contributed by atoms with Gasteiger partial charge in [0.15, 0.2) is 5.58 Å². The molecule has 0 unspecified atom stereocenters. The Balaban J connectivity index is 1.42. The first-order valence-corrected chi connectivity index (χ1v) is 10.4. The van der Waals surface area contributed by atoms with Gasteiger partial charge in [0, 0.05) is 17.8 Å². The third kappa shape index (κ3) is 3.65. The summed E-state index contributed by atoms with van der Waals surface area (Å²) in [5, 5.41) is 3.00. The number of carbonyl (C=O) groups is 1. The number of oxazole rings is 1. The molecule has 4 aromatic rings. The van der Waals surface area contributed by atoms with Gasteiger partial charge in [0.05, 0.1) is 0 Å². The molecule has 5 nitrogen and oxygen atoms in total. The molecule has 1 saturated heterocycles. The highest BCUT2D eigenvalue weighted by atomic mass is 19.1. The maximum absolute atomic E-state index is 14.2. The van der Waals surface area contributed by atoms with Gasteiger partial charge in [-0.25, -0.2) is 14.2 Å². The smallest absolute Gasteiger partial charge is 0.322 e. The van der Waals surface area contributed by atoms with Crippen LogP contribution in [0.5, 0.6) is 0 Å². The number of nitrogens with zero attached hydrogens (tertiary/aromatic N) is 2. The van der Waals surface area contributed by atoms with E-state index in [-0.39, 0.29) is 17.9 Å². The lowest BCUT2D eigenvalue weighted by Crippen LogP contribution is -2.34. The van der Waals surface area contributed by atoms with Crippen molar-refractivity contribution in [1.82, 2.24) is 9.88 Å². The number of benzene rings is 3. The van der Waals surface area contributed by atoms with Crippen molar-refractivity contribution in [3.8, 4) is 11.1 Å². The first-order chi connectivity index (χ1) is 15.1. The number of nitrogens with one attached hydrogen (secondary N) is 1. The summed E-state index contributed by atoms with van der Waals surface area (Å²) in [7, 11) is 0. The van der Waals surface area contributed by atoms with Crippen LogP contribution in [0.3, 0.4) is 0 Å². The van der Waals surface area contributed by atoms with Crippen LogP contribution in [-0.2, 0) is 0 Å². The summed E-state index contributed by atoms with van der Waals surface area (Å²) in [6, 6.07) is 19.4. The Hall–Kier alpha value is -3.67. The third-order valence-corrected chi connectivity index (χ3v) is 5.77. The maximum Gasteiger partial charge on any atom is 0.322 e. The van der Waals surface area contributed by atoms with Crippen molar-refractivity contribution in [2.24, 2.45) is 0 Å². The Morgan fingerprint density at radius 2 is 1.94 bits per heavy atom. The molecule has 2 heterocycles. The molecule has 1 fully saturated rings. The minimum absolute atomic E-state index is 0.161. The number of fused-ring (bicyclic) bond motifs is 1. The van der Waals surface area contributed by atoms with Gasteiger partial charge >= 0.3 is 6.03 Å². The van der Waals surface area contributed by atoms with Crippen LogP contribution < -0.4 is 5.32 Å². The number of aryl methyl sites for hydroxylation is 1. The predicted molar refractivity (Wildman–Crippen MR) is 118 cm³/mol. The Labute approximate surface area is 179 Å². The fourth-order valence-corrected chi connectivity index (χ4v) is 4.12. The fourth-order valence-electron chi connectivity index (χ4n) is 4.12. The zero-order valence-corrected chi connectivity index (χ0v) is 17.1. The molecule has 1 atom stereocenters. The molecule has 0 spiro atoms. The molecule has 0 saturated carbocycles. The van der Waals surface area contributed by atoms with Crippen LogP contribution in [0.1, 0.15) is 30.3 Å². The van der Waals surface area contributed by atoms with Gasteiger partial charge in [-0.2, -0.15) is 0 Å². The standard InChI is InChI=1S/C25H22FN3O2/c1-16-7-2-5-10-20(16)28-25(30)29-14-6-11-22(29)24-27-21-15-17(12-13-23(21)31-24)18-8-3-4-9-19(18)26/h2-5,7-10,12-13,15,22H,6,11,14H2,1H3,(H,28,30)/t22-/m1/s1. The van der Waals surface area contributed by atoms with Gasteiger partial charge in [-0.05, 0) is 55.2 Å². The molecule has 156 valence electrons. The van der Waals surface area contributed by atoms with Crippen LogP contribution >= 0.6 is 0 Å². The molecule has 1 N–H and O–H groups in total. The Morgan fingerprint density at radius 3 is 2.77 bits per heavy atom. The second kappa shape index (κ2) is 7.87. The van der Waals surface area contributed by atoms with Crippen molar-refractivity contribution in [3.05, 3.63) is 84.0 Å². The number of aromatic nitrogens is 1. The highest BCUT2D eigenvalue weighted by Gasteiger charge is 2.33. The normalized spacial score (nSPS) is 16.1. The molecule has 1 aliphatic rings. The van der Waals surface area contributed by atoms with E-state index in [0.717, 1.165) is 29.7 Å². The summed E-state index contributed by atoms with van der Waals surface area (Å²) in [5.74, 6) is 0.235. The summed E-state index contributed by atoms with van der Waals surface area (Å²) in [5.41, 5.74) is 4.35. The predicted octanol–water partition coefficient (Wildman–Crippen LogP) is 6.31. The molecule has 1 aromatic heterocycles. The third-order valence-electron chi connectivity index (χ3n) is 5.77. The van der Waals surface area contributed by atoms with E-state index in [1.807, 2.05) is 43.3 Å². The van der Waals surface area contributed by atoms with Gasteiger partial charge in [-0.3, -0.25) is 0 Å². The summed E-state index contributed by atoms with van der Waals surface area (Å²) in [4.78, 5) is 19.4. The molecule has 0 bridgehead atoms. The maximum atomic E-state index is 14.2. The minimum Gasteiger partial charge on any atom is -0.438 e. The first-order valence-electron chi connectivity index (χ1n) is 10.4. The zero-order valence-electron chi connectivity index (χ0n) is 17.1. The van der Waals surface area contributed by atoms with E-state index in [2.05, 4.69) is 10.3 Å². The van der Waals surface area contributed by atoms with E-state index in [4.69, 9.17) is 4.42 Å². The number of para-hydroxylation sites is 1. The number of halogens is 1. The summed E-state index contributed by atoms with van der Waals surface area (Å²) in [6.45, 7) is 2.60. The second-order valence-electron chi connectivity index (χ2n) is 7.81. The Kier molecular flexibility index (Phi) is 4.90. The molecule has 5 rings (SSSR count). The number of rotatable bonds is 3. The van der Waals surface area contributed by atoms with Crippen LogP contribution in [0, 0.1) is 12.7 Å². The average Bonchev–Trinajstić information content (AvgIpc) is 3.42. The van der Waals surface area contributed by atoms with Crippen molar-refractivity contribution < 1.29 is 13.6 Å². The quantitative estimate of drug-likeness (QED) is 0.426. The van der Waals surface area contributed by atoms with Crippen molar-refractivity contribution in [2.45, 2.75) is 25.8 Å². The minimum atomic E-state index is -0.277. The molecule has 3 aromatic carbocycles. The summed E-state index contributed by atoms with van der Waals surface area (Å²) < 4.78 is 20.2. The van der Waals surface area contributed by atoms with E-state index < -0.39 is 0 Å². The first kappa shape index (κ1) is 19.3. The summed E-state index contributed by atoms with van der Waals surface area (Å²) in [6.07, 6.45) is 1.67. The lowest BCUT2D eigenvalue weighted by molar-refractivity contribution is 0.199. The zero-order chi connectivity index (χ0) is 21.4. The number of amides is 2. The topological polar surface area (TPSA) is 58.4 Å². The molecular weight excluding hydrogens is 393 g/mol. The number of likely N-dealkylation sites (tertiary alicyclic amines) is 1. The molecule has 6 heteroatoms. The molecule has 31 heavy (non-hydrogen) atoms.